The summed E-state index contributed by atoms with van der Waals surface area (Å²) in [6.45, 7) is 3.64. The van der Waals surface area contributed by atoms with Gasteiger partial charge in [-0.05, 0) is 70.6 Å². The predicted octanol–water partition coefficient (Wildman–Crippen LogP) is 19.7. The molecule has 0 aromatic carbocycles. The monoisotopic (exact) mass is 1050 g/mol. The maximum Gasteiger partial charge on any atom is 0.472 e. The summed E-state index contributed by atoms with van der Waals surface area (Å²) in [6, 6.07) is 0. The molecule has 0 aliphatic carbocycles. The second-order valence-corrected chi connectivity index (χ2v) is 22.3. The van der Waals surface area contributed by atoms with Crippen molar-refractivity contribution in [2.75, 3.05) is 26.4 Å². The molecule has 0 aromatic heterocycles. The number of nitrogens with two attached hydrogens (primary N) is 1. The van der Waals surface area contributed by atoms with Crippen LogP contribution in [-0.2, 0) is 32.7 Å². The highest BCUT2D eigenvalue weighted by molar-refractivity contribution is 7.47. The Labute approximate surface area is 451 Å². The molecule has 0 radical (unpaired) electrons. The maximum absolute atomic E-state index is 12.6. The number of carbonyl (C=O) groups excluding carboxylic acids is 2. The van der Waals surface area contributed by atoms with E-state index in [1.807, 2.05) is 0 Å². The molecule has 0 saturated heterocycles. The Morgan fingerprint density at radius 3 is 1.14 bits per heavy atom. The van der Waals surface area contributed by atoms with Gasteiger partial charge in [0, 0.05) is 19.4 Å². The zero-order chi connectivity index (χ0) is 53.1. The van der Waals surface area contributed by atoms with Gasteiger partial charge in [-0.15, -0.1) is 0 Å². The Balaban J connectivity index is 3.76. The number of rotatable bonds is 59. The van der Waals surface area contributed by atoms with Gasteiger partial charge in [-0.25, -0.2) is 4.57 Å². The van der Waals surface area contributed by atoms with Gasteiger partial charge in [0.25, 0.3) is 0 Å². The zero-order valence-corrected chi connectivity index (χ0v) is 48.8. The third-order valence-electron chi connectivity index (χ3n) is 13.7. The molecule has 0 fully saturated rings. The van der Waals surface area contributed by atoms with Crippen LogP contribution in [0, 0.1) is 0 Å². The van der Waals surface area contributed by atoms with Gasteiger partial charge in [0.1, 0.15) is 6.61 Å². The van der Waals surface area contributed by atoms with Crippen molar-refractivity contribution >= 4 is 19.8 Å². The normalized spacial score (nSPS) is 13.3. The van der Waals surface area contributed by atoms with Crippen molar-refractivity contribution in [1.82, 2.24) is 0 Å². The summed E-state index contributed by atoms with van der Waals surface area (Å²) in [5.74, 6) is -0.837. The Hall–Kier alpha value is -2.03. The highest BCUT2D eigenvalue weighted by atomic mass is 31.2. The number of unbranched alkanes of at least 4 members (excludes halogenated alkanes) is 38. The summed E-state index contributed by atoms with van der Waals surface area (Å²) in [4.78, 5) is 35.1. The summed E-state index contributed by atoms with van der Waals surface area (Å²) < 4.78 is 33.0. The third kappa shape index (κ3) is 59.1. The van der Waals surface area contributed by atoms with Crippen LogP contribution in [0.5, 0.6) is 0 Å². The number of allylic oxidation sites excluding steroid dienone is 8. The second-order valence-electron chi connectivity index (χ2n) is 20.9. The number of hydrogen-bond donors (Lipinski definition) is 2. The molecule has 9 nitrogen and oxygen atoms in total. The number of phosphoric acid groups is 1. The first-order valence-corrected chi connectivity index (χ1v) is 32.6. The molecule has 0 rings (SSSR count). The van der Waals surface area contributed by atoms with E-state index in [1.165, 1.54) is 205 Å². The van der Waals surface area contributed by atoms with Crippen molar-refractivity contribution in [3.05, 3.63) is 48.6 Å². The highest BCUT2D eigenvalue weighted by Gasteiger charge is 2.26. The SMILES string of the molecule is CC/C=C\C/C=C\C/C=C\CCCCCCCC(=O)OC(COC(=O)CCCCCCCCCCCCCCCCCCCCCCCCCCC/C=C\CCCCCCCCCC)COP(=O)(O)OCCN. The van der Waals surface area contributed by atoms with Crippen molar-refractivity contribution in [2.24, 2.45) is 5.73 Å². The smallest absolute Gasteiger partial charge is 0.462 e. The van der Waals surface area contributed by atoms with Gasteiger partial charge < -0.3 is 20.1 Å². The van der Waals surface area contributed by atoms with Crippen molar-refractivity contribution < 1.29 is 37.6 Å². The zero-order valence-electron chi connectivity index (χ0n) is 47.9. The lowest BCUT2D eigenvalue weighted by Crippen LogP contribution is -2.29. The number of phosphoric ester groups is 1. The minimum Gasteiger partial charge on any atom is -0.462 e. The van der Waals surface area contributed by atoms with E-state index in [0.717, 1.165) is 70.6 Å². The Kier molecular flexibility index (Phi) is 57.6. The lowest BCUT2D eigenvalue weighted by Gasteiger charge is -2.19. The largest absolute Gasteiger partial charge is 0.472 e. The van der Waals surface area contributed by atoms with Crippen LogP contribution in [0.15, 0.2) is 48.6 Å². The van der Waals surface area contributed by atoms with Crippen LogP contribution in [0.25, 0.3) is 0 Å². The van der Waals surface area contributed by atoms with Gasteiger partial charge >= 0.3 is 19.8 Å². The highest BCUT2D eigenvalue weighted by Crippen LogP contribution is 2.43. The molecule has 0 aliphatic rings. The van der Waals surface area contributed by atoms with E-state index in [4.69, 9.17) is 24.3 Å². The lowest BCUT2D eigenvalue weighted by molar-refractivity contribution is -0.161. The summed E-state index contributed by atoms with van der Waals surface area (Å²) in [5.41, 5.74) is 5.37. The fourth-order valence-electron chi connectivity index (χ4n) is 9.12. The molecule has 428 valence electrons. The standard InChI is InChI=1S/C63H118NO8P/c1-3-5-7-9-11-13-15-17-19-20-21-22-23-24-25-26-27-28-29-30-31-32-33-34-35-36-37-38-39-40-42-43-45-47-49-51-53-55-62(65)69-59-61(60-71-73(67,68)70-58-57-64)72-63(66)56-54-52-50-48-46-44-41-18-16-14-12-10-8-6-4-2/h6,8,12,14,18,20-21,41,61H,3-5,7,9-11,13,15-17,19,22-40,42-60,64H2,1-2H3,(H,67,68)/b8-6-,14-12-,21-20-,41-18-. The molecule has 0 amide bonds. The van der Waals surface area contributed by atoms with Crippen LogP contribution in [0.1, 0.15) is 309 Å². The van der Waals surface area contributed by atoms with Gasteiger partial charge in [-0.3, -0.25) is 18.6 Å². The lowest BCUT2D eigenvalue weighted by atomic mass is 10.0. The van der Waals surface area contributed by atoms with E-state index in [9.17, 15) is 19.0 Å². The number of ether oxygens (including phenoxy) is 2. The van der Waals surface area contributed by atoms with Crippen molar-refractivity contribution in [1.29, 1.82) is 0 Å². The molecular formula is C63H118NO8P. The quantitative estimate of drug-likeness (QED) is 0.0264. The maximum atomic E-state index is 12.6. The van der Waals surface area contributed by atoms with E-state index < -0.39 is 26.5 Å². The van der Waals surface area contributed by atoms with Gasteiger partial charge in [0.05, 0.1) is 13.2 Å². The van der Waals surface area contributed by atoms with Crippen molar-refractivity contribution in [3.63, 3.8) is 0 Å². The molecule has 2 unspecified atom stereocenters. The van der Waals surface area contributed by atoms with Crippen LogP contribution < -0.4 is 5.73 Å². The minimum absolute atomic E-state index is 0.0504. The predicted molar refractivity (Wildman–Crippen MR) is 312 cm³/mol. The summed E-state index contributed by atoms with van der Waals surface area (Å²) >= 11 is 0. The molecule has 3 N–H and O–H groups in total. The average molecular weight is 1050 g/mol. The first-order valence-electron chi connectivity index (χ1n) is 31.1. The van der Waals surface area contributed by atoms with Crippen LogP contribution in [-0.4, -0.2) is 49.3 Å². The molecule has 0 aliphatic heterocycles. The van der Waals surface area contributed by atoms with Gasteiger partial charge in [0.2, 0.25) is 0 Å². The van der Waals surface area contributed by atoms with Crippen LogP contribution in [0.3, 0.4) is 0 Å². The topological polar surface area (TPSA) is 134 Å². The van der Waals surface area contributed by atoms with Crippen molar-refractivity contribution in [3.8, 4) is 0 Å². The first kappa shape index (κ1) is 71.0. The fraction of sp³-hybridized carbons (Fsp3) is 0.841. The summed E-state index contributed by atoms with van der Waals surface area (Å²) in [7, 11) is -4.39. The van der Waals surface area contributed by atoms with Gasteiger partial charge in [-0.2, -0.15) is 0 Å². The van der Waals surface area contributed by atoms with Crippen LogP contribution >= 0.6 is 7.82 Å². The molecule has 0 spiro atoms. The number of esters is 2. The minimum atomic E-state index is -4.39. The van der Waals surface area contributed by atoms with E-state index >= 15 is 0 Å². The number of carbonyl (C=O) groups is 2. The molecule has 0 saturated carbocycles. The first-order chi connectivity index (χ1) is 35.8. The molecule has 10 heteroatoms. The van der Waals surface area contributed by atoms with E-state index in [-0.39, 0.29) is 38.6 Å². The van der Waals surface area contributed by atoms with Crippen molar-refractivity contribution in [2.45, 2.75) is 315 Å². The molecular weight excluding hydrogens is 930 g/mol. The second kappa shape index (κ2) is 59.2. The molecule has 73 heavy (non-hydrogen) atoms. The van der Waals surface area contributed by atoms with E-state index in [0.29, 0.717) is 6.42 Å². The Bertz CT molecular complexity index is 1330. The summed E-state index contributed by atoms with van der Waals surface area (Å²) in [5, 5.41) is 0. The van der Waals surface area contributed by atoms with Gasteiger partial charge in [-0.1, -0.05) is 274 Å². The summed E-state index contributed by atoms with van der Waals surface area (Å²) in [6.07, 6.45) is 73.6. The Morgan fingerprint density at radius 2 is 0.753 bits per heavy atom. The fourth-order valence-corrected chi connectivity index (χ4v) is 9.88. The number of hydrogen-bond acceptors (Lipinski definition) is 8. The molecule has 0 heterocycles. The van der Waals surface area contributed by atoms with Gasteiger partial charge in [0.15, 0.2) is 6.10 Å². The molecule has 2 atom stereocenters. The van der Waals surface area contributed by atoms with Crippen LogP contribution in [0.4, 0.5) is 0 Å². The van der Waals surface area contributed by atoms with Crippen LogP contribution in [0.2, 0.25) is 0 Å². The average Bonchev–Trinajstić information content (AvgIpc) is 3.38. The molecule has 0 bridgehead atoms. The van der Waals surface area contributed by atoms with E-state index in [1.54, 1.807) is 0 Å². The molecule has 0 aromatic rings. The Morgan fingerprint density at radius 1 is 0.425 bits per heavy atom. The third-order valence-corrected chi connectivity index (χ3v) is 14.7. The van der Waals surface area contributed by atoms with E-state index in [2.05, 4.69) is 62.5 Å².